The first kappa shape index (κ1) is 32.9. The van der Waals surface area contributed by atoms with Gasteiger partial charge in [-0.05, 0) is 62.9 Å². The largest absolute Gasteiger partial charge is 0.483 e. The second kappa shape index (κ2) is 13.1. The maximum atomic E-state index is 13.7. The molecule has 0 bridgehead atoms. The number of carbonyl (C=O) groups is 2. The number of halogens is 4. The Bertz CT molecular complexity index is 1910. The first-order chi connectivity index (χ1) is 22.4. The van der Waals surface area contributed by atoms with Gasteiger partial charge < -0.3 is 24.5 Å². The number of aromatic nitrogens is 1. The third-order valence-electron chi connectivity index (χ3n) is 7.37. The molecule has 1 saturated carbocycles. The third-order valence-corrected chi connectivity index (χ3v) is 7.37. The van der Waals surface area contributed by atoms with Gasteiger partial charge in [0.1, 0.15) is 34.0 Å². The number of hydrogen-bond donors (Lipinski definition) is 2. The van der Waals surface area contributed by atoms with Crippen molar-refractivity contribution >= 4 is 35.3 Å². The fraction of sp³-hybridized carbons (Fsp3) is 0.242. The molecule has 2 N–H and O–H groups in total. The van der Waals surface area contributed by atoms with Crippen molar-refractivity contribution in [2.75, 3.05) is 20.8 Å². The zero-order valence-corrected chi connectivity index (χ0v) is 25.5. The van der Waals surface area contributed by atoms with Gasteiger partial charge in [0.25, 0.3) is 11.8 Å². The number of nitrogens with zero attached hydrogens (tertiary/aromatic N) is 3. The van der Waals surface area contributed by atoms with Crippen LogP contribution in [0, 0.1) is 5.82 Å². The molecule has 2 heterocycles. The lowest BCUT2D eigenvalue weighted by Gasteiger charge is -2.18. The highest BCUT2D eigenvalue weighted by Crippen LogP contribution is 2.42. The van der Waals surface area contributed by atoms with Crippen molar-refractivity contribution in [3.05, 3.63) is 77.9 Å². The Kier molecular flexibility index (Phi) is 9.13. The highest BCUT2D eigenvalue weighted by atomic mass is 19.4. The molecule has 10 nitrogen and oxygen atoms in total. The van der Waals surface area contributed by atoms with Crippen LogP contribution in [0.3, 0.4) is 0 Å². The molecule has 14 heteroatoms. The number of fused-ring (bicyclic) bond motifs is 1. The third kappa shape index (κ3) is 6.86. The van der Waals surface area contributed by atoms with Gasteiger partial charge in [-0.15, -0.1) is 0 Å². The summed E-state index contributed by atoms with van der Waals surface area (Å²) in [6, 6.07) is 9.20. The number of alkyl halides is 3. The Hall–Kier alpha value is -5.53. The molecule has 0 atom stereocenters. The molecule has 0 unspecified atom stereocenters. The quantitative estimate of drug-likeness (QED) is 0.114. The van der Waals surface area contributed by atoms with Gasteiger partial charge in [-0.1, -0.05) is 6.08 Å². The fourth-order valence-electron chi connectivity index (χ4n) is 4.98. The van der Waals surface area contributed by atoms with Crippen LogP contribution in [0.25, 0.3) is 33.4 Å². The van der Waals surface area contributed by atoms with Gasteiger partial charge in [0.15, 0.2) is 12.4 Å². The van der Waals surface area contributed by atoms with E-state index in [-0.39, 0.29) is 50.6 Å². The van der Waals surface area contributed by atoms with Crippen molar-refractivity contribution in [2.24, 2.45) is 9.98 Å². The molecular formula is C33H29F4N5O5. The van der Waals surface area contributed by atoms with Crippen molar-refractivity contribution in [3.8, 4) is 34.1 Å². The lowest BCUT2D eigenvalue weighted by atomic mass is 9.99. The topological polar surface area (TPSA) is 127 Å². The number of carbonyl (C=O) groups excluding carboxylic acids is 2. The van der Waals surface area contributed by atoms with Crippen LogP contribution in [-0.4, -0.2) is 61.8 Å². The molecule has 0 saturated heterocycles. The van der Waals surface area contributed by atoms with E-state index in [0.29, 0.717) is 24.2 Å². The maximum Gasteiger partial charge on any atom is 0.422 e. The number of rotatable bonds is 10. The zero-order chi connectivity index (χ0) is 33.9. The van der Waals surface area contributed by atoms with Gasteiger partial charge in [-0.2, -0.15) is 13.2 Å². The number of nitrogens with one attached hydrogen (secondary N) is 2. The Labute approximate surface area is 266 Å². The molecular weight excluding hydrogens is 622 g/mol. The number of hydrogen-bond acceptors (Lipinski definition) is 7. The molecule has 2 aromatic carbocycles. The molecule has 1 aliphatic rings. The number of amidine groups is 1. The molecule has 0 radical (unpaired) electrons. The van der Waals surface area contributed by atoms with Gasteiger partial charge in [0.2, 0.25) is 5.88 Å². The van der Waals surface area contributed by atoms with Gasteiger partial charge in [-0.25, -0.2) is 19.4 Å². The van der Waals surface area contributed by atoms with Crippen molar-refractivity contribution in [3.63, 3.8) is 0 Å². The van der Waals surface area contributed by atoms with Crippen LogP contribution in [0.2, 0.25) is 0 Å². The molecule has 2 aromatic heterocycles. The number of benzene rings is 2. The van der Waals surface area contributed by atoms with Crippen LogP contribution in [0.1, 0.15) is 40.5 Å². The van der Waals surface area contributed by atoms with E-state index in [4.69, 9.17) is 13.9 Å². The van der Waals surface area contributed by atoms with E-state index in [0.717, 1.165) is 0 Å². The highest BCUT2D eigenvalue weighted by molar-refractivity contribution is 6.12. The maximum absolute atomic E-state index is 13.7. The molecule has 2 amide bonds. The molecule has 0 spiro atoms. The van der Waals surface area contributed by atoms with Crippen LogP contribution in [-0.2, 0) is 0 Å². The summed E-state index contributed by atoms with van der Waals surface area (Å²) in [5.74, 6) is -1.60. The molecule has 5 rings (SSSR count). The standard InChI is InChI=1S/C33H29F4N5O5/c1-5-12-40-31(39-3)32(10-11-32)42-28(43)23-13-19(16-41-30(23)45-4)21-14-22-25(15-24(21)46-17-33(35,36)37)47-27(26(22)29(44)38-2)18-6-8-20(34)9-7-18/h5-9,12-16H,3,10-11,17H2,1-2,4H3,(H,38,44)(H,42,43)/b12-5-,40-31?. The number of methoxy groups -OCH3 is 1. The van der Waals surface area contributed by atoms with E-state index in [9.17, 15) is 27.2 Å². The number of amides is 2. The Morgan fingerprint density at radius 3 is 2.45 bits per heavy atom. The Balaban J connectivity index is 1.66. The zero-order valence-electron chi connectivity index (χ0n) is 25.5. The van der Waals surface area contributed by atoms with Crippen LogP contribution in [0.15, 0.2) is 75.3 Å². The smallest absolute Gasteiger partial charge is 0.422 e. The number of aliphatic imine (C=N–C) groups is 2. The molecule has 1 aliphatic carbocycles. The van der Waals surface area contributed by atoms with Crippen molar-refractivity contribution < 1.29 is 41.0 Å². The first-order valence-electron chi connectivity index (χ1n) is 14.2. The summed E-state index contributed by atoms with van der Waals surface area (Å²) in [5.41, 5.74) is -0.204. The summed E-state index contributed by atoms with van der Waals surface area (Å²) >= 11 is 0. The number of furan rings is 1. The summed E-state index contributed by atoms with van der Waals surface area (Å²) < 4.78 is 70.2. The van der Waals surface area contributed by atoms with E-state index in [1.165, 1.54) is 69.0 Å². The summed E-state index contributed by atoms with van der Waals surface area (Å²) in [7, 11) is 2.72. The average Bonchev–Trinajstić information content (AvgIpc) is 3.73. The average molecular weight is 652 g/mol. The van der Waals surface area contributed by atoms with Crippen molar-refractivity contribution in [2.45, 2.75) is 31.5 Å². The van der Waals surface area contributed by atoms with Crippen LogP contribution in [0.4, 0.5) is 17.6 Å². The second-order valence-electron chi connectivity index (χ2n) is 10.6. The normalized spacial score (nSPS) is 14.2. The minimum absolute atomic E-state index is 0.0293. The monoisotopic (exact) mass is 651 g/mol. The predicted molar refractivity (Wildman–Crippen MR) is 168 cm³/mol. The highest BCUT2D eigenvalue weighted by Gasteiger charge is 2.49. The van der Waals surface area contributed by atoms with E-state index in [1.807, 2.05) is 0 Å². The second-order valence-corrected chi connectivity index (χ2v) is 10.6. The van der Waals surface area contributed by atoms with Crippen LogP contribution >= 0.6 is 0 Å². The summed E-state index contributed by atoms with van der Waals surface area (Å²) in [5, 5.41) is 5.66. The summed E-state index contributed by atoms with van der Waals surface area (Å²) in [4.78, 5) is 39.2. The van der Waals surface area contributed by atoms with Gasteiger partial charge in [0, 0.05) is 47.6 Å². The number of pyridine rings is 1. The fourth-order valence-corrected chi connectivity index (χ4v) is 4.98. The van der Waals surface area contributed by atoms with Crippen molar-refractivity contribution in [1.29, 1.82) is 0 Å². The van der Waals surface area contributed by atoms with Crippen LogP contribution < -0.4 is 20.1 Å². The Morgan fingerprint density at radius 1 is 1.13 bits per heavy atom. The van der Waals surface area contributed by atoms with Crippen molar-refractivity contribution in [1.82, 2.24) is 15.6 Å². The number of allylic oxidation sites excluding steroid dienone is 1. The molecule has 47 heavy (non-hydrogen) atoms. The molecule has 0 aliphatic heterocycles. The Morgan fingerprint density at radius 2 is 1.85 bits per heavy atom. The molecule has 4 aromatic rings. The van der Waals surface area contributed by atoms with Crippen LogP contribution in [0.5, 0.6) is 11.6 Å². The first-order valence-corrected chi connectivity index (χ1v) is 14.2. The van der Waals surface area contributed by atoms with E-state index >= 15 is 0 Å². The van der Waals surface area contributed by atoms with Gasteiger partial charge >= 0.3 is 6.18 Å². The number of ether oxygens (including phenoxy) is 2. The minimum Gasteiger partial charge on any atom is -0.483 e. The van der Waals surface area contributed by atoms with E-state index in [2.05, 4.69) is 32.3 Å². The van der Waals surface area contributed by atoms with E-state index < -0.39 is 36.0 Å². The van der Waals surface area contributed by atoms with Gasteiger partial charge in [-0.3, -0.25) is 9.59 Å². The lowest BCUT2D eigenvalue weighted by Crippen LogP contribution is -2.42. The van der Waals surface area contributed by atoms with Gasteiger partial charge in [0.05, 0.1) is 12.7 Å². The summed E-state index contributed by atoms with van der Waals surface area (Å²) in [6.07, 6.45) is 0.947. The molecule has 1 fully saturated rings. The molecule has 244 valence electrons. The predicted octanol–water partition coefficient (Wildman–Crippen LogP) is 6.51. The van der Waals surface area contributed by atoms with E-state index in [1.54, 1.807) is 13.0 Å². The lowest BCUT2D eigenvalue weighted by molar-refractivity contribution is -0.153. The minimum atomic E-state index is -4.69. The summed E-state index contributed by atoms with van der Waals surface area (Å²) in [6.45, 7) is 3.70. The SMILES string of the molecule is C=NC(=N/C=C\C)C1(NC(=O)c2cc(-c3cc4c(C(=O)NC)c(-c5ccc(F)cc5)oc4cc3OCC(F)(F)F)cnc2OC)CC1.